The van der Waals surface area contributed by atoms with Crippen LogP contribution in [0.15, 0.2) is 6.07 Å². The number of halogens is 3. The van der Waals surface area contributed by atoms with Crippen LogP contribution in [-0.2, 0) is 12.7 Å². The van der Waals surface area contributed by atoms with E-state index in [9.17, 15) is 13.2 Å². The summed E-state index contributed by atoms with van der Waals surface area (Å²) in [5, 5.41) is 7.18. The highest BCUT2D eigenvalue weighted by Gasteiger charge is 2.34. The van der Waals surface area contributed by atoms with Crippen LogP contribution < -0.4 is 5.32 Å². The van der Waals surface area contributed by atoms with Gasteiger partial charge in [0.05, 0.1) is 6.54 Å². The van der Waals surface area contributed by atoms with Crippen LogP contribution in [0.2, 0.25) is 0 Å². The number of hydrogen-bond acceptors (Lipinski definition) is 5. The smallest absolute Gasteiger partial charge is 0.358 e. The Morgan fingerprint density at radius 1 is 1.37 bits per heavy atom. The average Bonchev–Trinajstić information content (AvgIpc) is 2.86. The van der Waals surface area contributed by atoms with Crippen LogP contribution in [0.5, 0.6) is 0 Å². The van der Waals surface area contributed by atoms with E-state index < -0.39 is 11.9 Å². The molecule has 0 radical (unpaired) electrons. The van der Waals surface area contributed by atoms with E-state index in [2.05, 4.69) is 19.8 Å². The molecule has 19 heavy (non-hydrogen) atoms. The Morgan fingerprint density at radius 2 is 2.11 bits per heavy atom. The summed E-state index contributed by atoms with van der Waals surface area (Å²) in [6, 6.07) is 1.04. The minimum absolute atomic E-state index is 0.334. The first-order chi connectivity index (χ1) is 8.86. The fraction of sp³-hybridized carbons (Fsp3) is 0.500. The molecule has 0 saturated heterocycles. The molecule has 0 saturated carbocycles. The van der Waals surface area contributed by atoms with Crippen molar-refractivity contribution in [1.82, 2.24) is 19.1 Å². The molecule has 5 nitrogen and oxygen atoms in total. The van der Waals surface area contributed by atoms with Gasteiger partial charge in [0.1, 0.15) is 5.82 Å². The first-order valence-electron chi connectivity index (χ1n) is 5.52. The molecule has 2 heterocycles. The van der Waals surface area contributed by atoms with E-state index in [-0.39, 0.29) is 0 Å². The van der Waals surface area contributed by atoms with E-state index >= 15 is 0 Å². The van der Waals surface area contributed by atoms with Crippen molar-refractivity contribution in [2.24, 2.45) is 0 Å². The number of alkyl halides is 3. The second-order valence-corrected chi connectivity index (χ2v) is 4.72. The summed E-state index contributed by atoms with van der Waals surface area (Å²) in [4.78, 5) is 4.10. The minimum atomic E-state index is -4.40. The third-order valence-electron chi connectivity index (χ3n) is 2.40. The van der Waals surface area contributed by atoms with Gasteiger partial charge in [-0.25, -0.2) is 4.98 Å². The lowest BCUT2D eigenvalue weighted by Gasteiger charge is -2.05. The molecule has 0 fully saturated rings. The molecule has 0 atom stereocenters. The van der Waals surface area contributed by atoms with Crippen LogP contribution in [0.3, 0.4) is 0 Å². The Hall–Kier alpha value is -1.64. The molecular weight excluding hydrogens is 279 g/mol. The van der Waals surface area contributed by atoms with E-state index in [0.717, 1.165) is 6.07 Å². The Morgan fingerprint density at radius 3 is 2.63 bits per heavy atom. The Kier molecular flexibility index (Phi) is 3.74. The maximum absolute atomic E-state index is 12.5. The third-order valence-corrected chi connectivity index (χ3v) is 3.16. The summed E-state index contributed by atoms with van der Waals surface area (Å²) >= 11 is 1.22. The van der Waals surface area contributed by atoms with Crippen LogP contribution in [0.1, 0.15) is 17.2 Å². The van der Waals surface area contributed by atoms with Gasteiger partial charge in [0, 0.05) is 23.8 Å². The van der Waals surface area contributed by atoms with Crippen LogP contribution in [0, 0.1) is 13.8 Å². The van der Waals surface area contributed by atoms with Gasteiger partial charge >= 0.3 is 6.18 Å². The van der Waals surface area contributed by atoms with Crippen molar-refractivity contribution < 1.29 is 13.2 Å². The SMILES string of the molecule is Cc1nsc(NCCn2nc(C(F)(F)F)cc2C)n1. The summed E-state index contributed by atoms with van der Waals surface area (Å²) in [5.41, 5.74) is -0.390. The molecule has 0 bridgehead atoms. The van der Waals surface area contributed by atoms with Crippen molar-refractivity contribution in [3.05, 3.63) is 23.3 Å². The van der Waals surface area contributed by atoms with Crippen molar-refractivity contribution in [1.29, 1.82) is 0 Å². The van der Waals surface area contributed by atoms with Crippen molar-refractivity contribution in [3.8, 4) is 0 Å². The van der Waals surface area contributed by atoms with Crippen LogP contribution in [0.25, 0.3) is 0 Å². The zero-order valence-electron chi connectivity index (χ0n) is 10.3. The lowest BCUT2D eigenvalue weighted by molar-refractivity contribution is -0.141. The van der Waals surface area contributed by atoms with Crippen LogP contribution >= 0.6 is 11.5 Å². The number of aromatic nitrogens is 4. The molecular formula is C10H12F3N5S. The molecule has 0 aromatic carbocycles. The molecule has 0 unspecified atom stereocenters. The molecule has 0 aliphatic heterocycles. The molecule has 1 N–H and O–H groups in total. The Bertz CT molecular complexity index is 560. The van der Waals surface area contributed by atoms with E-state index in [1.807, 2.05) is 0 Å². The number of hydrogen-bond donors (Lipinski definition) is 1. The normalized spacial score (nSPS) is 11.8. The predicted molar refractivity (Wildman–Crippen MR) is 65.1 cm³/mol. The Balaban J connectivity index is 1.94. The molecule has 104 valence electrons. The van der Waals surface area contributed by atoms with Gasteiger partial charge in [-0.1, -0.05) is 0 Å². The summed E-state index contributed by atoms with van der Waals surface area (Å²) in [5.74, 6) is 0.669. The first-order valence-corrected chi connectivity index (χ1v) is 6.29. The maximum atomic E-state index is 12.5. The molecule has 2 aromatic rings. The van der Waals surface area contributed by atoms with Gasteiger partial charge in [0.2, 0.25) is 5.13 Å². The van der Waals surface area contributed by atoms with Crippen LogP contribution in [-0.4, -0.2) is 25.7 Å². The maximum Gasteiger partial charge on any atom is 0.435 e. The predicted octanol–water partition coefficient (Wildman–Crippen LogP) is 2.48. The summed E-state index contributed by atoms with van der Waals surface area (Å²) < 4.78 is 42.7. The highest BCUT2D eigenvalue weighted by molar-refractivity contribution is 7.09. The second kappa shape index (κ2) is 5.16. The lowest BCUT2D eigenvalue weighted by Crippen LogP contribution is -2.14. The zero-order chi connectivity index (χ0) is 14.0. The highest BCUT2D eigenvalue weighted by Crippen LogP contribution is 2.28. The molecule has 0 spiro atoms. The molecule has 0 amide bonds. The molecule has 2 aromatic heterocycles. The van der Waals surface area contributed by atoms with Crippen molar-refractivity contribution >= 4 is 16.7 Å². The molecule has 2 rings (SSSR count). The van der Waals surface area contributed by atoms with Gasteiger partial charge in [0.15, 0.2) is 5.69 Å². The lowest BCUT2D eigenvalue weighted by atomic mass is 10.4. The Labute approximate surface area is 111 Å². The van der Waals surface area contributed by atoms with Gasteiger partial charge in [-0.05, 0) is 19.9 Å². The van der Waals surface area contributed by atoms with Gasteiger partial charge in [-0.15, -0.1) is 0 Å². The monoisotopic (exact) mass is 291 g/mol. The molecule has 0 aliphatic carbocycles. The fourth-order valence-corrected chi connectivity index (χ4v) is 2.11. The minimum Gasteiger partial charge on any atom is -0.358 e. The zero-order valence-corrected chi connectivity index (χ0v) is 11.1. The number of rotatable bonds is 4. The molecule has 9 heteroatoms. The summed E-state index contributed by atoms with van der Waals surface area (Å²) in [6.07, 6.45) is -4.40. The summed E-state index contributed by atoms with van der Waals surface area (Å²) in [7, 11) is 0. The topological polar surface area (TPSA) is 55.6 Å². The number of aryl methyl sites for hydroxylation is 2. The largest absolute Gasteiger partial charge is 0.435 e. The number of anilines is 1. The third kappa shape index (κ3) is 3.43. The van der Waals surface area contributed by atoms with Crippen molar-refractivity contribution in [2.45, 2.75) is 26.6 Å². The van der Waals surface area contributed by atoms with Crippen LogP contribution in [0.4, 0.5) is 18.3 Å². The van der Waals surface area contributed by atoms with Gasteiger partial charge in [0.25, 0.3) is 0 Å². The van der Waals surface area contributed by atoms with E-state index in [1.54, 1.807) is 13.8 Å². The quantitative estimate of drug-likeness (QED) is 0.940. The standard InChI is InChI=1S/C10H12F3N5S/c1-6-5-8(10(11,12)13)16-18(6)4-3-14-9-15-7(2)17-19-9/h5H,3-4H2,1-2H3,(H,14,15,17). The first kappa shape index (κ1) is 13.8. The highest BCUT2D eigenvalue weighted by atomic mass is 32.1. The van der Waals surface area contributed by atoms with Gasteiger partial charge < -0.3 is 5.32 Å². The average molecular weight is 291 g/mol. The number of nitrogens with zero attached hydrogens (tertiary/aromatic N) is 4. The van der Waals surface area contributed by atoms with Gasteiger partial charge in [-0.2, -0.15) is 22.6 Å². The summed E-state index contributed by atoms with van der Waals surface area (Å²) in [6.45, 7) is 4.14. The fourth-order valence-electron chi connectivity index (χ4n) is 1.51. The molecule has 0 aliphatic rings. The van der Waals surface area contributed by atoms with Crippen molar-refractivity contribution in [2.75, 3.05) is 11.9 Å². The number of nitrogens with one attached hydrogen (secondary N) is 1. The van der Waals surface area contributed by atoms with Gasteiger partial charge in [-0.3, -0.25) is 4.68 Å². The van der Waals surface area contributed by atoms with Crippen molar-refractivity contribution in [3.63, 3.8) is 0 Å². The van der Waals surface area contributed by atoms with E-state index in [1.165, 1.54) is 16.2 Å². The van der Waals surface area contributed by atoms with E-state index in [4.69, 9.17) is 0 Å². The second-order valence-electron chi connectivity index (χ2n) is 3.97. The van der Waals surface area contributed by atoms with E-state index in [0.29, 0.717) is 29.7 Å².